The molecule has 0 radical (unpaired) electrons. The minimum absolute atomic E-state index is 0.0384. The molecule has 2 aromatic carbocycles. The zero-order chi connectivity index (χ0) is 15.4. The number of aliphatic hydroxyl groups is 1. The Morgan fingerprint density at radius 3 is 2.62 bits per heavy atom. The standard InChI is InChI=1S/C14H9BrN2O4/c15-11-2-4-14(12(6-11)17(19)20)21-13-3-1-9(8-18)5-10(13)7-16/h1-6,18H,8H2. The quantitative estimate of drug-likeness (QED) is 0.673. The smallest absolute Gasteiger partial charge is 0.312 e. The van der Waals surface area contributed by atoms with E-state index in [0.29, 0.717) is 10.0 Å². The molecule has 0 aromatic heterocycles. The Morgan fingerprint density at radius 2 is 2.00 bits per heavy atom. The van der Waals surface area contributed by atoms with Gasteiger partial charge in [-0.2, -0.15) is 5.26 Å². The molecule has 0 saturated heterocycles. The second kappa shape index (κ2) is 6.35. The Kier molecular flexibility index (Phi) is 4.52. The van der Waals surface area contributed by atoms with Crippen molar-refractivity contribution in [1.29, 1.82) is 5.26 Å². The molecular weight excluding hydrogens is 340 g/mol. The number of benzene rings is 2. The first-order valence-corrected chi connectivity index (χ1v) is 6.60. The molecule has 0 aliphatic carbocycles. The second-order valence-corrected chi connectivity index (χ2v) is 4.99. The predicted molar refractivity (Wildman–Crippen MR) is 78.0 cm³/mol. The van der Waals surface area contributed by atoms with E-state index >= 15 is 0 Å². The number of halogens is 1. The lowest BCUT2D eigenvalue weighted by Crippen LogP contribution is -1.95. The highest BCUT2D eigenvalue weighted by molar-refractivity contribution is 9.10. The van der Waals surface area contributed by atoms with E-state index in [-0.39, 0.29) is 29.4 Å². The molecule has 0 aliphatic rings. The lowest BCUT2D eigenvalue weighted by Gasteiger charge is -2.09. The van der Waals surface area contributed by atoms with Crippen LogP contribution in [0.15, 0.2) is 40.9 Å². The molecule has 2 aromatic rings. The molecule has 2 rings (SSSR count). The second-order valence-electron chi connectivity index (χ2n) is 4.07. The molecule has 0 heterocycles. The van der Waals surface area contributed by atoms with Crippen LogP contribution in [0.2, 0.25) is 0 Å². The third-order valence-corrected chi connectivity index (χ3v) is 3.18. The van der Waals surface area contributed by atoms with Gasteiger partial charge in [-0.05, 0) is 29.8 Å². The van der Waals surface area contributed by atoms with Crippen molar-refractivity contribution in [2.45, 2.75) is 6.61 Å². The molecule has 6 nitrogen and oxygen atoms in total. The van der Waals surface area contributed by atoms with Crippen molar-refractivity contribution in [3.8, 4) is 17.6 Å². The van der Waals surface area contributed by atoms with E-state index in [0.717, 1.165) is 0 Å². The number of nitrogens with zero attached hydrogens (tertiary/aromatic N) is 2. The van der Waals surface area contributed by atoms with Gasteiger partial charge in [0.25, 0.3) is 0 Å². The summed E-state index contributed by atoms with van der Waals surface area (Å²) in [6, 6.07) is 10.9. The topological polar surface area (TPSA) is 96.4 Å². The molecule has 0 amide bonds. The summed E-state index contributed by atoms with van der Waals surface area (Å²) in [5, 5.41) is 29.2. The van der Waals surface area contributed by atoms with E-state index in [1.807, 2.05) is 6.07 Å². The highest BCUT2D eigenvalue weighted by Crippen LogP contribution is 2.35. The van der Waals surface area contributed by atoms with Crippen LogP contribution in [-0.2, 0) is 6.61 Å². The minimum atomic E-state index is -0.561. The van der Waals surface area contributed by atoms with Gasteiger partial charge in [0.05, 0.1) is 17.1 Å². The summed E-state index contributed by atoms with van der Waals surface area (Å²) in [4.78, 5) is 10.5. The monoisotopic (exact) mass is 348 g/mol. The number of ether oxygens (including phenoxy) is 1. The fraction of sp³-hybridized carbons (Fsp3) is 0.0714. The van der Waals surface area contributed by atoms with E-state index in [1.54, 1.807) is 12.1 Å². The Balaban J connectivity index is 2.43. The van der Waals surface area contributed by atoms with Crippen LogP contribution in [0.4, 0.5) is 5.69 Å². The van der Waals surface area contributed by atoms with Crippen molar-refractivity contribution in [1.82, 2.24) is 0 Å². The van der Waals surface area contributed by atoms with Crippen LogP contribution >= 0.6 is 15.9 Å². The number of hydrogen-bond acceptors (Lipinski definition) is 5. The zero-order valence-corrected chi connectivity index (χ0v) is 12.2. The summed E-state index contributed by atoms with van der Waals surface area (Å²) >= 11 is 3.16. The maximum Gasteiger partial charge on any atom is 0.312 e. The van der Waals surface area contributed by atoms with Crippen LogP contribution in [0.5, 0.6) is 11.5 Å². The fourth-order valence-corrected chi connectivity index (χ4v) is 2.04. The van der Waals surface area contributed by atoms with Crippen molar-refractivity contribution in [2.24, 2.45) is 0 Å². The van der Waals surface area contributed by atoms with E-state index in [9.17, 15) is 10.1 Å². The average Bonchev–Trinajstić information content (AvgIpc) is 2.49. The van der Waals surface area contributed by atoms with Crippen LogP contribution < -0.4 is 4.74 Å². The fourth-order valence-electron chi connectivity index (χ4n) is 1.69. The summed E-state index contributed by atoms with van der Waals surface area (Å²) in [6.07, 6.45) is 0. The molecule has 0 unspecified atom stereocenters. The minimum Gasteiger partial charge on any atom is -0.449 e. The maximum absolute atomic E-state index is 11.0. The molecule has 0 spiro atoms. The molecule has 106 valence electrons. The first kappa shape index (κ1) is 15.0. The van der Waals surface area contributed by atoms with Gasteiger partial charge in [-0.15, -0.1) is 0 Å². The Morgan fingerprint density at radius 1 is 1.29 bits per heavy atom. The number of nitro benzene ring substituents is 1. The summed E-state index contributed by atoms with van der Waals surface area (Å²) in [5.41, 5.74) is 0.544. The van der Waals surface area contributed by atoms with Gasteiger partial charge in [0.2, 0.25) is 5.75 Å². The van der Waals surface area contributed by atoms with Crippen molar-refractivity contribution in [3.63, 3.8) is 0 Å². The number of aliphatic hydroxyl groups excluding tert-OH is 1. The van der Waals surface area contributed by atoms with Crippen LogP contribution in [0.25, 0.3) is 0 Å². The van der Waals surface area contributed by atoms with Gasteiger partial charge < -0.3 is 9.84 Å². The molecule has 21 heavy (non-hydrogen) atoms. The average molecular weight is 349 g/mol. The van der Waals surface area contributed by atoms with Crippen molar-refractivity contribution < 1.29 is 14.8 Å². The summed E-state index contributed by atoms with van der Waals surface area (Å²) < 4.78 is 6.03. The van der Waals surface area contributed by atoms with Gasteiger partial charge in [0, 0.05) is 10.5 Å². The summed E-state index contributed by atoms with van der Waals surface area (Å²) in [5.74, 6) is 0.233. The first-order chi connectivity index (χ1) is 10.0. The van der Waals surface area contributed by atoms with Gasteiger partial charge in [-0.3, -0.25) is 10.1 Å². The normalized spacial score (nSPS) is 9.95. The van der Waals surface area contributed by atoms with Crippen molar-refractivity contribution >= 4 is 21.6 Å². The molecule has 0 bridgehead atoms. The molecule has 0 aliphatic heterocycles. The Bertz CT molecular complexity index is 740. The molecule has 1 N–H and O–H groups in total. The van der Waals surface area contributed by atoms with Crippen LogP contribution in [-0.4, -0.2) is 10.0 Å². The highest BCUT2D eigenvalue weighted by atomic mass is 79.9. The molecular formula is C14H9BrN2O4. The first-order valence-electron chi connectivity index (χ1n) is 5.81. The highest BCUT2D eigenvalue weighted by Gasteiger charge is 2.17. The van der Waals surface area contributed by atoms with Crippen LogP contribution in [0, 0.1) is 21.4 Å². The summed E-state index contributed by atoms with van der Waals surface area (Å²) in [6.45, 7) is -0.201. The van der Waals surface area contributed by atoms with Crippen molar-refractivity contribution in [2.75, 3.05) is 0 Å². The molecule has 0 fully saturated rings. The molecule has 0 saturated carbocycles. The van der Waals surface area contributed by atoms with Crippen LogP contribution in [0.1, 0.15) is 11.1 Å². The number of hydrogen-bond donors (Lipinski definition) is 1. The lowest BCUT2D eigenvalue weighted by molar-refractivity contribution is -0.385. The van der Waals surface area contributed by atoms with Gasteiger partial charge in [0.15, 0.2) is 0 Å². The van der Waals surface area contributed by atoms with Gasteiger partial charge in [-0.25, -0.2) is 0 Å². The van der Waals surface area contributed by atoms with Gasteiger partial charge in [0.1, 0.15) is 11.8 Å². The van der Waals surface area contributed by atoms with Gasteiger partial charge >= 0.3 is 5.69 Å². The third-order valence-electron chi connectivity index (χ3n) is 2.68. The third kappa shape index (κ3) is 3.37. The number of rotatable bonds is 4. The zero-order valence-electron chi connectivity index (χ0n) is 10.6. The van der Waals surface area contributed by atoms with Crippen LogP contribution in [0.3, 0.4) is 0 Å². The SMILES string of the molecule is N#Cc1cc(CO)ccc1Oc1ccc(Br)cc1[N+](=O)[O-]. The lowest BCUT2D eigenvalue weighted by atomic mass is 10.1. The maximum atomic E-state index is 11.0. The Labute approximate surface area is 128 Å². The van der Waals surface area contributed by atoms with E-state index in [4.69, 9.17) is 15.1 Å². The largest absolute Gasteiger partial charge is 0.449 e. The Hall–Kier alpha value is -2.43. The predicted octanol–water partition coefficient (Wildman–Crippen LogP) is 3.51. The molecule has 7 heteroatoms. The van der Waals surface area contributed by atoms with Gasteiger partial charge in [-0.1, -0.05) is 22.0 Å². The summed E-state index contributed by atoms with van der Waals surface area (Å²) in [7, 11) is 0. The van der Waals surface area contributed by atoms with Crippen molar-refractivity contribution in [3.05, 3.63) is 62.1 Å². The van der Waals surface area contributed by atoms with E-state index in [1.165, 1.54) is 24.3 Å². The van der Waals surface area contributed by atoms with E-state index < -0.39 is 4.92 Å². The number of nitriles is 1. The molecule has 0 atom stereocenters. The number of nitro groups is 1. The van der Waals surface area contributed by atoms with E-state index in [2.05, 4.69) is 15.9 Å².